The van der Waals surface area contributed by atoms with E-state index in [1.54, 1.807) is 7.11 Å². The summed E-state index contributed by atoms with van der Waals surface area (Å²) in [5.41, 5.74) is 2.97. The fraction of sp³-hybridized carbons (Fsp3) is 0.500. The zero-order valence-corrected chi connectivity index (χ0v) is 18.8. The van der Waals surface area contributed by atoms with Crippen LogP contribution in [0.5, 0.6) is 17.2 Å². The number of hydrogen-bond acceptors (Lipinski definition) is 7. The zero-order chi connectivity index (χ0) is 22.1. The molecule has 0 radical (unpaired) electrons. The Balaban J connectivity index is 1.80. The van der Waals surface area contributed by atoms with Gasteiger partial charge in [-0.1, -0.05) is 30.3 Å². The van der Waals surface area contributed by atoms with Gasteiger partial charge >= 0.3 is 0 Å². The molecule has 2 aromatic carbocycles. The SMILES string of the molecule is CCOC(CNC(COCc1ccccc1)c1cc(OC)c(C)c2c1OCO2)OCC. The van der Waals surface area contributed by atoms with Gasteiger partial charge in [0.05, 0.1) is 26.4 Å². The molecular formula is C24H33NO6. The van der Waals surface area contributed by atoms with Crippen LogP contribution in [0.1, 0.15) is 36.6 Å². The number of methoxy groups -OCH3 is 1. The average Bonchev–Trinajstić information content (AvgIpc) is 3.28. The number of rotatable bonds is 13. The summed E-state index contributed by atoms with van der Waals surface area (Å²) < 4.78 is 34.6. The predicted octanol–water partition coefficient (Wildman–Crippen LogP) is 3.98. The highest BCUT2D eigenvalue weighted by Crippen LogP contribution is 2.45. The number of ether oxygens (including phenoxy) is 6. The lowest BCUT2D eigenvalue weighted by Gasteiger charge is -2.25. The van der Waals surface area contributed by atoms with Crippen molar-refractivity contribution >= 4 is 0 Å². The van der Waals surface area contributed by atoms with E-state index < -0.39 is 0 Å². The lowest BCUT2D eigenvalue weighted by molar-refractivity contribution is -0.134. The number of hydrogen-bond donors (Lipinski definition) is 1. The maximum absolute atomic E-state index is 6.07. The molecule has 0 aliphatic carbocycles. The Morgan fingerprint density at radius 3 is 2.42 bits per heavy atom. The van der Waals surface area contributed by atoms with Gasteiger partial charge in [0.15, 0.2) is 17.8 Å². The van der Waals surface area contributed by atoms with E-state index in [2.05, 4.69) is 5.32 Å². The largest absolute Gasteiger partial charge is 0.496 e. The van der Waals surface area contributed by atoms with Crippen LogP contribution < -0.4 is 19.5 Å². The summed E-state index contributed by atoms with van der Waals surface area (Å²) >= 11 is 0. The first-order valence-electron chi connectivity index (χ1n) is 10.7. The Morgan fingerprint density at radius 2 is 1.74 bits per heavy atom. The van der Waals surface area contributed by atoms with Gasteiger partial charge in [-0.15, -0.1) is 0 Å². The van der Waals surface area contributed by atoms with E-state index in [1.807, 2.05) is 57.2 Å². The van der Waals surface area contributed by atoms with Crippen molar-refractivity contribution in [3.63, 3.8) is 0 Å². The van der Waals surface area contributed by atoms with Crippen LogP contribution in [0.4, 0.5) is 0 Å². The van der Waals surface area contributed by atoms with Crippen LogP contribution in [-0.2, 0) is 20.8 Å². The summed E-state index contributed by atoms with van der Waals surface area (Å²) in [4.78, 5) is 0. The minimum absolute atomic E-state index is 0.169. The summed E-state index contributed by atoms with van der Waals surface area (Å²) in [5.74, 6) is 2.19. The smallest absolute Gasteiger partial charge is 0.231 e. The standard InChI is InChI=1S/C24H33NO6/c1-5-28-22(29-6-2)13-25-20(15-27-14-18-10-8-7-9-11-18)19-12-21(26-4)17(3)23-24(19)31-16-30-23/h7-12,20,22,25H,5-6,13-16H2,1-4H3. The van der Waals surface area contributed by atoms with E-state index >= 15 is 0 Å². The molecule has 1 aliphatic rings. The fourth-order valence-electron chi connectivity index (χ4n) is 3.57. The Morgan fingerprint density at radius 1 is 1.03 bits per heavy atom. The maximum atomic E-state index is 6.07. The molecule has 0 amide bonds. The number of nitrogens with one attached hydrogen (secondary N) is 1. The van der Waals surface area contributed by atoms with Crippen molar-refractivity contribution in [1.82, 2.24) is 5.32 Å². The minimum atomic E-state index is -0.343. The normalized spacial score (nSPS) is 13.6. The van der Waals surface area contributed by atoms with Crippen molar-refractivity contribution < 1.29 is 28.4 Å². The van der Waals surface area contributed by atoms with Gasteiger partial charge in [0.1, 0.15) is 5.75 Å². The summed E-state index contributed by atoms with van der Waals surface area (Å²) in [6.07, 6.45) is -0.343. The Labute approximate surface area is 184 Å². The van der Waals surface area contributed by atoms with Crippen LogP contribution in [0.2, 0.25) is 0 Å². The van der Waals surface area contributed by atoms with Crippen LogP contribution in [0, 0.1) is 6.92 Å². The first-order valence-corrected chi connectivity index (χ1v) is 10.7. The van der Waals surface area contributed by atoms with Crippen molar-refractivity contribution in [3.05, 3.63) is 53.1 Å². The van der Waals surface area contributed by atoms with Gasteiger partial charge in [-0.05, 0) is 32.4 Å². The first-order chi connectivity index (χ1) is 15.2. The molecular weight excluding hydrogens is 398 g/mol. The third-order valence-corrected chi connectivity index (χ3v) is 5.10. The Hall–Kier alpha value is -2.32. The average molecular weight is 432 g/mol. The first kappa shape index (κ1) is 23.3. The molecule has 0 bridgehead atoms. The maximum Gasteiger partial charge on any atom is 0.231 e. The predicted molar refractivity (Wildman–Crippen MR) is 118 cm³/mol. The molecule has 1 unspecified atom stereocenters. The fourth-order valence-corrected chi connectivity index (χ4v) is 3.57. The lowest BCUT2D eigenvalue weighted by atomic mass is 10.0. The van der Waals surface area contributed by atoms with Crippen molar-refractivity contribution in [1.29, 1.82) is 0 Å². The molecule has 7 heteroatoms. The Kier molecular flexibility index (Phi) is 8.97. The molecule has 3 rings (SSSR count). The van der Waals surface area contributed by atoms with Crippen LogP contribution in [0.25, 0.3) is 0 Å². The van der Waals surface area contributed by atoms with Gasteiger partial charge in [-0.3, -0.25) is 0 Å². The molecule has 31 heavy (non-hydrogen) atoms. The van der Waals surface area contributed by atoms with E-state index in [-0.39, 0.29) is 19.1 Å². The third kappa shape index (κ3) is 6.11. The zero-order valence-electron chi connectivity index (χ0n) is 18.8. The molecule has 7 nitrogen and oxygen atoms in total. The molecule has 1 heterocycles. The van der Waals surface area contributed by atoms with Crippen LogP contribution in [-0.4, -0.2) is 46.6 Å². The van der Waals surface area contributed by atoms with E-state index in [1.165, 1.54) is 0 Å². The summed E-state index contributed by atoms with van der Waals surface area (Å²) in [5, 5.41) is 3.53. The van der Waals surface area contributed by atoms with Crippen molar-refractivity contribution in [2.75, 3.05) is 40.3 Å². The van der Waals surface area contributed by atoms with Gasteiger partial charge in [-0.25, -0.2) is 0 Å². The van der Waals surface area contributed by atoms with E-state index in [0.29, 0.717) is 33.0 Å². The van der Waals surface area contributed by atoms with Gasteiger partial charge < -0.3 is 33.7 Å². The van der Waals surface area contributed by atoms with Gasteiger partial charge in [0, 0.05) is 30.9 Å². The van der Waals surface area contributed by atoms with Crippen molar-refractivity contribution in [2.45, 2.75) is 39.7 Å². The highest BCUT2D eigenvalue weighted by Gasteiger charge is 2.28. The second-order valence-corrected chi connectivity index (χ2v) is 7.16. The highest BCUT2D eigenvalue weighted by molar-refractivity contribution is 5.60. The van der Waals surface area contributed by atoms with Crippen molar-refractivity contribution in [2.24, 2.45) is 0 Å². The second-order valence-electron chi connectivity index (χ2n) is 7.16. The third-order valence-electron chi connectivity index (χ3n) is 5.10. The van der Waals surface area contributed by atoms with Gasteiger partial charge in [0.25, 0.3) is 0 Å². The Bertz CT molecular complexity index is 807. The minimum Gasteiger partial charge on any atom is -0.496 e. The molecule has 0 aromatic heterocycles. The topological polar surface area (TPSA) is 67.4 Å². The van der Waals surface area contributed by atoms with Crippen LogP contribution >= 0.6 is 0 Å². The van der Waals surface area contributed by atoms with E-state index in [4.69, 9.17) is 28.4 Å². The molecule has 170 valence electrons. The van der Waals surface area contributed by atoms with Crippen molar-refractivity contribution in [3.8, 4) is 17.2 Å². The highest BCUT2D eigenvalue weighted by atomic mass is 16.7. The molecule has 0 fully saturated rings. The number of fused-ring (bicyclic) bond motifs is 1. The monoisotopic (exact) mass is 431 g/mol. The summed E-state index contributed by atoms with van der Waals surface area (Å²) in [6.45, 7) is 8.67. The van der Waals surface area contributed by atoms with Gasteiger partial charge in [-0.2, -0.15) is 0 Å². The van der Waals surface area contributed by atoms with E-state index in [9.17, 15) is 0 Å². The molecule has 0 saturated carbocycles. The molecule has 0 saturated heterocycles. The lowest BCUT2D eigenvalue weighted by Crippen LogP contribution is -2.36. The van der Waals surface area contributed by atoms with Crippen LogP contribution in [0.15, 0.2) is 36.4 Å². The summed E-state index contributed by atoms with van der Waals surface area (Å²) in [6, 6.07) is 11.9. The molecule has 1 N–H and O–H groups in total. The number of benzene rings is 2. The molecule has 1 aliphatic heterocycles. The molecule has 0 spiro atoms. The molecule has 1 atom stereocenters. The van der Waals surface area contributed by atoms with Crippen LogP contribution in [0.3, 0.4) is 0 Å². The second kappa shape index (κ2) is 11.9. The summed E-state index contributed by atoms with van der Waals surface area (Å²) in [7, 11) is 1.66. The van der Waals surface area contributed by atoms with Gasteiger partial charge in [0.2, 0.25) is 6.79 Å². The quantitative estimate of drug-likeness (QED) is 0.481. The van der Waals surface area contributed by atoms with E-state index in [0.717, 1.165) is 33.9 Å². The molecule has 2 aromatic rings.